The second-order valence-electron chi connectivity index (χ2n) is 2.95. The molecule has 4 nitrogen and oxygen atoms in total. The Kier molecular flexibility index (Phi) is 2.84. The Labute approximate surface area is 77.3 Å². The van der Waals surface area contributed by atoms with E-state index in [-0.39, 0.29) is 11.9 Å². The molecule has 0 aliphatic carbocycles. The molecule has 1 N–H and O–H groups in total. The van der Waals surface area contributed by atoms with Gasteiger partial charge in [-0.25, -0.2) is 4.68 Å². The van der Waals surface area contributed by atoms with Crippen molar-refractivity contribution in [3.05, 3.63) is 24.9 Å². The minimum Gasteiger partial charge on any atom is -0.307 e. The Morgan fingerprint density at radius 1 is 1.77 bits per heavy atom. The molecule has 0 radical (unpaired) electrons. The van der Waals surface area contributed by atoms with Gasteiger partial charge in [-0.3, -0.25) is 4.79 Å². The molecule has 0 bridgehead atoms. The molecule has 70 valence electrons. The van der Waals surface area contributed by atoms with Crippen LogP contribution in [0.2, 0.25) is 0 Å². The van der Waals surface area contributed by atoms with Crippen molar-refractivity contribution >= 4 is 11.7 Å². The smallest absolute Gasteiger partial charge is 0.248 e. The van der Waals surface area contributed by atoms with Crippen molar-refractivity contribution in [3.8, 4) is 0 Å². The molecule has 0 spiro atoms. The molecular weight excluding hydrogens is 166 g/mol. The molecule has 1 aromatic heterocycles. The summed E-state index contributed by atoms with van der Waals surface area (Å²) in [5, 5.41) is 6.74. The molecule has 4 heteroatoms. The summed E-state index contributed by atoms with van der Waals surface area (Å²) < 4.78 is 1.74. The van der Waals surface area contributed by atoms with Crippen molar-refractivity contribution in [2.24, 2.45) is 0 Å². The lowest BCUT2D eigenvalue weighted by Crippen LogP contribution is -2.14. The maximum atomic E-state index is 11.0. The monoisotopic (exact) mass is 179 g/mol. The van der Waals surface area contributed by atoms with Crippen molar-refractivity contribution < 1.29 is 4.79 Å². The summed E-state index contributed by atoms with van der Waals surface area (Å²) in [6, 6.07) is 1.98. The van der Waals surface area contributed by atoms with Gasteiger partial charge in [-0.15, -0.1) is 0 Å². The molecule has 1 amide bonds. The number of anilines is 1. The van der Waals surface area contributed by atoms with Gasteiger partial charge in [-0.05, 0) is 19.9 Å². The zero-order chi connectivity index (χ0) is 9.84. The zero-order valence-corrected chi connectivity index (χ0v) is 7.82. The number of amides is 1. The van der Waals surface area contributed by atoms with E-state index in [9.17, 15) is 4.79 Å². The molecule has 0 unspecified atom stereocenters. The quantitative estimate of drug-likeness (QED) is 0.716. The van der Waals surface area contributed by atoms with Crippen LogP contribution in [0.1, 0.15) is 19.9 Å². The maximum Gasteiger partial charge on any atom is 0.248 e. The number of carbonyl (C=O) groups is 1. The molecule has 0 atom stereocenters. The summed E-state index contributed by atoms with van der Waals surface area (Å²) in [5.41, 5.74) is 0. The normalized spacial score (nSPS) is 10.1. The minimum absolute atomic E-state index is 0.220. The van der Waals surface area contributed by atoms with E-state index in [0.29, 0.717) is 5.82 Å². The number of nitrogens with one attached hydrogen (secondary N) is 1. The highest BCUT2D eigenvalue weighted by molar-refractivity contribution is 5.98. The highest BCUT2D eigenvalue weighted by Crippen LogP contribution is 2.12. The first-order chi connectivity index (χ1) is 6.15. The highest BCUT2D eigenvalue weighted by atomic mass is 16.1. The van der Waals surface area contributed by atoms with Crippen molar-refractivity contribution in [1.29, 1.82) is 0 Å². The van der Waals surface area contributed by atoms with Crippen molar-refractivity contribution in [2.45, 2.75) is 19.9 Å². The number of rotatable bonds is 3. The third kappa shape index (κ3) is 2.18. The maximum absolute atomic E-state index is 11.0. The average molecular weight is 179 g/mol. The van der Waals surface area contributed by atoms with Crippen LogP contribution in [0.4, 0.5) is 5.82 Å². The van der Waals surface area contributed by atoms with Gasteiger partial charge in [0.25, 0.3) is 0 Å². The Hall–Kier alpha value is -1.58. The van der Waals surface area contributed by atoms with Crippen LogP contribution in [-0.4, -0.2) is 15.7 Å². The summed E-state index contributed by atoms with van der Waals surface area (Å²) >= 11 is 0. The number of aromatic nitrogens is 2. The molecule has 13 heavy (non-hydrogen) atoms. The SMILES string of the molecule is C=CC(=O)Nc1ccnn1C(C)C. The van der Waals surface area contributed by atoms with Gasteiger partial charge in [0.05, 0.1) is 6.20 Å². The molecule has 1 aromatic rings. The lowest BCUT2D eigenvalue weighted by Gasteiger charge is -2.10. The molecular formula is C9H13N3O. The topological polar surface area (TPSA) is 46.9 Å². The largest absolute Gasteiger partial charge is 0.307 e. The van der Waals surface area contributed by atoms with Crippen LogP contribution >= 0.6 is 0 Å². The first-order valence-electron chi connectivity index (χ1n) is 4.12. The Morgan fingerprint density at radius 3 is 3.00 bits per heavy atom. The van der Waals surface area contributed by atoms with Crippen molar-refractivity contribution in [3.63, 3.8) is 0 Å². The van der Waals surface area contributed by atoms with Gasteiger partial charge in [-0.2, -0.15) is 5.10 Å². The first-order valence-corrected chi connectivity index (χ1v) is 4.12. The predicted molar refractivity (Wildman–Crippen MR) is 51.4 cm³/mol. The van der Waals surface area contributed by atoms with Gasteiger partial charge in [0.2, 0.25) is 5.91 Å². The fraction of sp³-hybridized carbons (Fsp3) is 0.333. The summed E-state index contributed by atoms with van der Waals surface area (Å²) in [6.07, 6.45) is 2.89. The third-order valence-corrected chi connectivity index (χ3v) is 1.60. The Morgan fingerprint density at radius 2 is 2.46 bits per heavy atom. The van der Waals surface area contributed by atoms with Crippen LogP contribution in [0.25, 0.3) is 0 Å². The van der Waals surface area contributed by atoms with E-state index in [1.807, 2.05) is 13.8 Å². The standard InChI is InChI=1S/C9H13N3O/c1-4-9(13)11-8-5-6-10-12(8)7(2)3/h4-7H,1H2,2-3H3,(H,11,13). The fourth-order valence-electron chi connectivity index (χ4n) is 1.00. The summed E-state index contributed by atoms with van der Waals surface area (Å²) in [5.74, 6) is 0.474. The van der Waals surface area contributed by atoms with E-state index in [1.165, 1.54) is 6.08 Å². The molecule has 0 aromatic carbocycles. The van der Waals surface area contributed by atoms with Crippen LogP contribution in [-0.2, 0) is 4.79 Å². The van der Waals surface area contributed by atoms with E-state index in [1.54, 1.807) is 16.9 Å². The van der Waals surface area contributed by atoms with E-state index in [0.717, 1.165) is 0 Å². The van der Waals surface area contributed by atoms with Gasteiger partial charge in [-0.1, -0.05) is 6.58 Å². The second-order valence-corrected chi connectivity index (χ2v) is 2.95. The van der Waals surface area contributed by atoms with Gasteiger partial charge >= 0.3 is 0 Å². The fourth-order valence-corrected chi connectivity index (χ4v) is 1.00. The van der Waals surface area contributed by atoms with Crippen LogP contribution in [0.5, 0.6) is 0 Å². The summed E-state index contributed by atoms with van der Waals surface area (Å²) in [6.45, 7) is 7.37. The number of hydrogen-bond donors (Lipinski definition) is 1. The van der Waals surface area contributed by atoms with Crippen LogP contribution in [0.15, 0.2) is 24.9 Å². The zero-order valence-electron chi connectivity index (χ0n) is 7.82. The molecule has 0 saturated heterocycles. The van der Waals surface area contributed by atoms with Crippen molar-refractivity contribution in [1.82, 2.24) is 9.78 Å². The average Bonchev–Trinajstić information content (AvgIpc) is 2.52. The number of carbonyl (C=O) groups excluding carboxylic acids is 1. The first kappa shape index (κ1) is 9.51. The second kappa shape index (κ2) is 3.89. The van der Waals surface area contributed by atoms with Gasteiger partial charge in [0, 0.05) is 12.1 Å². The minimum atomic E-state index is -0.220. The molecule has 0 aliphatic rings. The Bertz CT molecular complexity index is 314. The van der Waals surface area contributed by atoms with Gasteiger partial charge in [0.1, 0.15) is 5.82 Å². The van der Waals surface area contributed by atoms with Crippen LogP contribution in [0.3, 0.4) is 0 Å². The lowest BCUT2D eigenvalue weighted by atomic mass is 10.4. The summed E-state index contributed by atoms with van der Waals surface area (Å²) in [7, 11) is 0. The van der Waals surface area contributed by atoms with Gasteiger partial charge < -0.3 is 5.32 Å². The lowest BCUT2D eigenvalue weighted by molar-refractivity contribution is -0.111. The van der Waals surface area contributed by atoms with Crippen LogP contribution < -0.4 is 5.32 Å². The van der Waals surface area contributed by atoms with E-state index in [2.05, 4.69) is 17.0 Å². The molecule has 0 saturated carbocycles. The Balaban J connectivity index is 2.82. The van der Waals surface area contributed by atoms with Gasteiger partial charge in [0.15, 0.2) is 0 Å². The van der Waals surface area contributed by atoms with E-state index < -0.39 is 0 Å². The number of hydrogen-bond acceptors (Lipinski definition) is 2. The van der Waals surface area contributed by atoms with E-state index >= 15 is 0 Å². The van der Waals surface area contributed by atoms with E-state index in [4.69, 9.17) is 0 Å². The van der Waals surface area contributed by atoms with Crippen molar-refractivity contribution in [2.75, 3.05) is 5.32 Å². The molecule has 1 heterocycles. The number of nitrogens with zero attached hydrogens (tertiary/aromatic N) is 2. The third-order valence-electron chi connectivity index (χ3n) is 1.60. The molecule has 0 fully saturated rings. The summed E-state index contributed by atoms with van der Waals surface area (Å²) in [4.78, 5) is 11.0. The highest BCUT2D eigenvalue weighted by Gasteiger charge is 2.06. The predicted octanol–water partition coefficient (Wildman–Crippen LogP) is 1.59. The molecule has 1 rings (SSSR count). The van der Waals surface area contributed by atoms with Crippen LogP contribution in [0, 0.1) is 0 Å². The molecule has 0 aliphatic heterocycles.